The zero-order chi connectivity index (χ0) is 69.1. The van der Waals surface area contributed by atoms with Crippen molar-refractivity contribution in [1.29, 1.82) is 0 Å². The number of carbonyl (C=O) groups is 2. The molecule has 5 heterocycles. The molecule has 534 valence electrons. The number of nitrogens with two attached hydrogens (primary N) is 2. The van der Waals surface area contributed by atoms with E-state index in [0.29, 0.717) is 0 Å². The zero-order valence-corrected chi connectivity index (χ0v) is 50.4. The molecule has 5 aliphatic heterocycles. The van der Waals surface area contributed by atoms with Gasteiger partial charge in [-0.05, 0) is 0 Å². The van der Waals surface area contributed by atoms with Gasteiger partial charge < -0.3 is 175 Å². The molecule has 0 aromatic rings. The van der Waals surface area contributed by atoms with Crippen LogP contribution in [0.2, 0.25) is 0 Å². The third-order valence-electron chi connectivity index (χ3n) is 13.8. The standard InChI is InChI=1S/C38H71N2O46P5/c39-1-2-72-90(68,69)86-91(70,71)85-31-28(78-33-21(53)27(77-32-17(40)20(52)19(51)15(8-44)73-32)30(84-89(65,66)67)26(75-33)16(9-45)82-87(59,60)61)29(83-88(62,63)64)23(12(48)6-42)74-34(31)76-25-14(4-37(58,35(54)55)80-24(25)13(49)7-43)79-38(36(56)57)3-10(46)18(50)22(81-38)11(47)5-41/h10-34,41-53,58H,1-9,39-40H2,(H,54,55)(H,56,57)(H,68,69)(H,70,71)(H2,59,60,61)(H2,62,63,64)(H2,65,66,67)/t10-,11-,12+,13-,14-,15-,16+,17-,18-,19+,20-,21+,22-,23-,24-,25-,26-,27-,28+,29-,30-,31+,32-,33-,34-,37-,38-/m1/s1. The van der Waals surface area contributed by atoms with Gasteiger partial charge in [-0.3, -0.25) is 22.6 Å². The predicted octanol–water partition coefficient (Wildman–Crippen LogP) is -13.0. The minimum Gasteiger partial charge on any atom is -0.477 e. The molecule has 0 aromatic carbocycles. The van der Waals surface area contributed by atoms with Gasteiger partial charge >= 0.3 is 51.1 Å². The molecule has 2 unspecified atom stereocenters. The predicted molar refractivity (Wildman–Crippen MR) is 270 cm³/mol. The van der Waals surface area contributed by atoms with E-state index in [1.165, 1.54) is 0 Å². The molecule has 5 aliphatic rings. The Kier molecular flexibility index (Phi) is 28.2. The summed E-state index contributed by atoms with van der Waals surface area (Å²) >= 11 is 0. The average molecular weight is 1450 g/mol. The fraction of sp³-hybridized carbons (Fsp3) is 0.947. The van der Waals surface area contributed by atoms with Crippen LogP contribution in [0.25, 0.3) is 0 Å². The number of carboxylic acids is 2. The molecule has 48 nitrogen and oxygen atoms in total. The lowest BCUT2D eigenvalue weighted by molar-refractivity contribution is -0.402. The van der Waals surface area contributed by atoms with Gasteiger partial charge in [0.1, 0.15) is 116 Å². The van der Waals surface area contributed by atoms with Gasteiger partial charge in [-0.2, -0.15) is 4.31 Å². The Hall–Kier alpha value is -1.47. The van der Waals surface area contributed by atoms with Gasteiger partial charge in [0.05, 0.1) is 57.9 Å². The van der Waals surface area contributed by atoms with Crippen LogP contribution >= 0.6 is 39.1 Å². The number of phosphoric acid groups is 5. The molecule has 91 heavy (non-hydrogen) atoms. The van der Waals surface area contributed by atoms with Crippen LogP contribution in [0, 0.1) is 0 Å². The van der Waals surface area contributed by atoms with E-state index in [9.17, 15) is 153 Å². The maximum atomic E-state index is 14.2. The number of aliphatic hydroxyl groups excluding tert-OH is 13. The molecular weight excluding hydrogens is 1380 g/mol. The number of hydrogen-bond acceptors (Lipinski definition) is 38. The molecule has 0 spiro atoms. The highest BCUT2D eigenvalue weighted by Gasteiger charge is 2.65. The van der Waals surface area contributed by atoms with Crippen molar-refractivity contribution < 1.29 is 223 Å². The van der Waals surface area contributed by atoms with Crippen LogP contribution in [0.4, 0.5) is 0 Å². The van der Waals surface area contributed by atoms with E-state index in [1.807, 2.05) is 0 Å². The maximum Gasteiger partial charge on any atom is 0.481 e. The smallest absolute Gasteiger partial charge is 0.477 e. The van der Waals surface area contributed by atoms with E-state index in [1.54, 1.807) is 0 Å². The van der Waals surface area contributed by atoms with Crippen molar-refractivity contribution >= 4 is 51.1 Å². The second-order valence-electron chi connectivity index (χ2n) is 20.3. The minimum atomic E-state index is -6.79. The summed E-state index contributed by atoms with van der Waals surface area (Å²) in [5, 5.41) is 171. The van der Waals surface area contributed by atoms with Crippen molar-refractivity contribution in [3.63, 3.8) is 0 Å². The molecule has 53 heteroatoms. The van der Waals surface area contributed by atoms with E-state index in [2.05, 4.69) is 13.4 Å². The first-order chi connectivity index (χ1) is 41.8. The third-order valence-corrected chi connectivity index (χ3v) is 18.0. The number of carboxylic acid groups (broad SMARTS) is 2. The Bertz CT molecular complexity index is 2640. The fourth-order valence-electron chi connectivity index (χ4n) is 9.79. The lowest BCUT2D eigenvalue weighted by atomic mass is 9.89. The first-order valence-corrected chi connectivity index (χ1v) is 33.5. The van der Waals surface area contributed by atoms with Crippen LogP contribution in [0.3, 0.4) is 0 Å². The first-order valence-electron chi connectivity index (χ1n) is 25.9. The number of phosphoric ester groups is 5. The summed E-state index contributed by atoms with van der Waals surface area (Å²) in [4.78, 5) is 109. The molecule has 0 amide bonds. The summed E-state index contributed by atoms with van der Waals surface area (Å²) in [6.45, 7) is -9.41. The average Bonchev–Trinajstić information content (AvgIpc) is 0.799. The summed E-state index contributed by atoms with van der Waals surface area (Å²) < 4.78 is 144. The summed E-state index contributed by atoms with van der Waals surface area (Å²) in [7, 11) is -31.5. The SMILES string of the molecule is NCCOP(=O)(O)OP(=O)(O)O[C@@H]1[C@@H](O[C@H]2[C@@H]([C@H](O)CO)O[C@@](O)(C(=O)O)C[C@H]2O[C@]2(C(=O)O)C[C@@H](O)[C@@H](O)[C@@H]([C@H](O)CO)O2)O[C@H]([C@@H](O)CO)[C@@H](OP(=O)(O)O)[C@@H]1O[C@H]1O[C@H]([C@H](CO)OP(=O)(O)O)[C@@H](OP(=O)(O)O)[C@H](O[C@H]2O[C@H](CO)[C@H](O)[C@H](O)[C@H]2N)[C@@H]1O. The number of hydrogen-bond donors (Lipinski definition) is 26. The zero-order valence-electron chi connectivity index (χ0n) is 45.9. The van der Waals surface area contributed by atoms with Crippen molar-refractivity contribution in [3.8, 4) is 0 Å². The van der Waals surface area contributed by atoms with Crippen molar-refractivity contribution in [1.82, 2.24) is 0 Å². The fourth-order valence-corrected chi connectivity index (χ4v) is 13.7. The Labute approximate surface area is 508 Å². The molecule has 28 N–H and O–H groups in total. The van der Waals surface area contributed by atoms with E-state index >= 15 is 0 Å². The van der Waals surface area contributed by atoms with Crippen LogP contribution in [0.1, 0.15) is 12.8 Å². The topological polar surface area (TPSA) is 796 Å². The van der Waals surface area contributed by atoms with Gasteiger partial charge in [0.15, 0.2) is 18.9 Å². The van der Waals surface area contributed by atoms with Crippen LogP contribution in [0.15, 0.2) is 0 Å². The lowest BCUT2D eigenvalue weighted by Crippen LogP contribution is -2.71. The van der Waals surface area contributed by atoms with Crippen molar-refractivity contribution in [3.05, 3.63) is 0 Å². The molecule has 5 rings (SSSR count). The summed E-state index contributed by atoms with van der Waals surface area (Å²) in [5.41, 5.74) is 11.3. The van der Waals surface area contributed by atoms with E-state index in [4.69, 9.17) is 67.7 Å². The first kappa shape index (κ1) is 80.2. The Balaban J connectivity index is 1.86. The molecule has 0 aliphatic carbocycles. The number of ether oxygens (including phenoxy) is 9. The van der Waals surface area contributed by atoms with Crippen LogP contribution in [-0.4, -0.2) is 344 Å². The second kappa shape index (κ2) is 32.0. The quantitative estimate of drug-likeness (QED) is 0.0278. The minimum absolute atomic E-state index is 0.654. The normalized spacial score (nSPS) is 40.7. The molecule has 0 radical (unpaired) electrons. The van der Waals surface area contributed by atoms with Crippen LogP contribution in [-0.2, 0) is 102 Å². The van der Waals surface area contributed by atoms with E-state index in [0.717, 1.165) is 0 Å². The molecule has 29 atom stereocenters. The maximum absolute atomic E-state index is 14.2. The van der Waals surface area contributed by atoms with E-state index in [-0.39, 0.29) is 0 Å². The summed E-state index contributed by atoms with van der Waals surface area (Å²) in [6.07, 6.45) is -69.6. The van der Waals surface area contributed by atoms with Crippen LogP contribution < -0.4 is 11.5 Å². The highest BCUT2D eigenvalue weighted by molar-refractivity contribution is 7.61. The van der Waals surface area contributed by atoms with Crippen LogP contribution in [0.5, 0.6) is 0 Å². The van der Waals surface area contributed by atoms with Crippen molar-refractivity contribution in [2.24, 2.45) is 11.5 Å². The number of rotatable bonds is 32. The second-order valence-corrected chi connectivity index (χ2v) is 26.9. The van der Waals surface area contributed by atoms with Crippen molar-refractivity contribution in [2.75, 3.05) is 46.2 Å². The van der Waals surface area contributed by atoms with Gasteiger partial charge in [0, 0.05) is 19.4 Å². The molecule has 0 saturated carbocycles. The van der Waals surface area contributed by atoms with Gasteiger partial charge in [0.2, 0.25) is 0 Å². The van der Waals surface area contributed by atoms with Gasteiger partial charge in [-0.1, -0.05) is 0 Å². The molecule has 0 bridgehead atoms. The number of aliphatic hydroxyl groups is 14. The molecule has 5 fully saturated rings. The Morgan fingerprint density at radius 3 is 1.58 bits per heavy atom. The number of aliphatic carboxylic acids is 2. The summed E-state index contributed by atoms with van der Waals surface area (Å²) in [5.74, 6) is -12.3. The largest absolute Gasteiger partial charge is 0.481 e. The lowest BCUT2D eigenvalue weighted by Gasteiger charge is -2.53. The summed E-state index contributed by atoms with van der Waals surface area (Å²) in [6, 6.07) is -2.11. The monoisotopic (exact) mass is 1450 g/mol. The molecular formula is C38H71N2O46P5. The third kappa shape index (κ3) is 20.3. The Morgan fingerprint density at radius 1 is 0.549 bits per heavy atom. The Morgan fingerprint density at radius 2 is 1.08 bits per heavy atom. The van der Waals surface area contributed by atoms with Gasteiger partial charge in [0.25, 0.3) is 11.6 Å². The molecule has 0 aromatic heterocycles. The van der Waals surface area contributed by atoms with Crippen molar-refractivity contribution in [2.45, 2.75) is 178 Å². The van der Waals surface area contributed by atoms with E-state index < -0.39 is 275 Å². The highest BCUT2D eigenvalue weighted by atomic mass is 31.3. The van der Waals surface area contributed by atoms with Gasteiger partial charge in [-0.15, -0.1) is 0 Å². The molecule has 5 saturated heterocycles. The highest BCUT2D eigenvalue weighted by Crippen LogP contribution is 2.62. The van der Waals surface area contributed by atoms with Gasteiger partial charge in [-0.25, -0.2) is 32.4 Å².